The fraction of sp³-hybridized carbons (Fsp3) is 0.385. The van der Waals surface area contributed by atoms with Crippen molar-refractivity contribution in [3.63, 3.8) is 0 Å². The van der Waals surface area contributed by atoms with Crippen LogP contribution in [-0.4, -0.2) is 29.4 Å². The van der Waals surface area contributed by atoms with Gasteiger partial charge in [0.2, 0.25) is 11.7 Å². The number of aromatic nitrogens is 2. The maximum absolute atomic E-state index is 6.07. The molecule has 0 spiro atoms. The number of halogens is 2. The molecule has 2 heterocycles. The van der Waals surface area contributed by atoms with Crippen LogP contribution in [0.2, 0.25) is 5.02 Å². The second-order valence-electron chi connectivity index (χ2n) is 4.72. The topological polar surface area (TPSA) is 74.2 Å². The molecule has 1 aliphatic heterocycles. The van der Waals surface area contributed by atoms with E-state index >= 15 is 0 Å². The van der Waals surface area contributed by atoms with Gasteiger partial charge >= 0.3 is 0 Å². The Balaban J connectivity index is 1.87. The lowest BCUT2D eigenvalue weighted by atomic mass is 9.97. The Morgan fingerprint density at radius 3 is 3.00 bits per heavy atom. The van der Waals surface area contributed by atoms with E-state index in [0.29, 0.717) is 30.0 Å². The predicted molar refractivity (Wildman–Crippen MR) is 78.6 cm³/mol. The van der Waals surface area contributed by atoms with Gasteiger partial charge in [0.1, 0.15) is 0 Å². The van der Waals surface area contributed by atoms with Gasteiger partial charge in [-0.05, 0) is 40.5 Å². The third-order valence-electron chi connectivity index (χ3n) is 3.35. The van der Waals surface area contributed by atoms with Crippen LogP contribution in [-0.2, 0) is 4.74 Å². The number of rotatable bonds is 2. The van der Waals surface area contributed by atoms with Crippen LogP contribution < -0.4 is 5.73 Å². The molecule has 0 saturated carbocycles. The van der Waals surface area contributed by atoms with E-state index < -0.39 is 0 Å². The summed E-state index contributed by atoms with van der Waals surface area (Å²) in [6.07, 6.45) is 0.800. The Labute approximate surface area is 129 Å². The summed E-state index contributed by atoms with van der Waals surface area (Å²) in [5.74, 6) is 1.01. The van der Waals surface area contributed by atoms with Gasteiger partial charge in [-0.3, -0.25) is 0 Å². The summed E-state index contributed by atoms with van der Waals surface area (Å²) < 4.78 is 11.5. The smallest absolute Gasteiger partial charge is 0.233 e. The van der Waals surface area contributed by atoms with E-state index in [9.17, 15) is 0 Å². The molecular weight excluding hydrogens is 346 g/mol. The Bertz CT molecular complexity index is 619. The minimum atomic E-state index is -0.0410. The van der Waals surface area contributed by atoms with Gasteiger partial charge in [0.25, 0.3) is 0 Å². The number of benzene rings is 1. The van der Waals surface area contributed by atoms with Gasteiger partial charge in [-0.15, -0.1) is 0 Å². The van der Waals surface area contributed by atoms with Crippen molar-refractivity contribution in [1.82, 2.24) is 10.1 Å². The number of nitrogens with two attached hydrogens (primary N) is 1. The molecule has 0 aliphatic carbocycles. The number of hydrogen-bond donors (Lipinski definition) is 1. The second-order valence-corrected chi connectivity index (χ2v) is 5.98. The van der Waals surface area contributed by atoms with Crippen molar-refractivity contribution in [1.29, 1.82) is 0 Å². The zero-order chi connectivity index (χ0) is 14.1. The molecule has 106 valence electrons. The molecular formula is C13H13BrClN3O2. The second kappa shape index (κ2) is 5.81. The Hall–Kier alpha value is -0.950. The summed E-state index contributed by atoms with van der Waals surface area (Å²) in [7, 11) is 0. The highest BCUT2D eigenvalue weighted by Gasteiger charge is 2.29. The van der Waals surface area contributed by atoms with E-state index in [4.69, 9.17) is 26.6 Å². The van der Waals surface area contributed by atoms with Crippen molar-refractivity contribution in [3.8, 4) is 11.4 Å². The van der Waals surface area contributed by atoms with Crippen molar-refractivity contribution >= 4 is 27.5 Å². The lowest BCUT2D eigenvalue weighted by Gasteiger charge is -2.25. The number of ether oxygens (including phenoxy) is 1. The molecule has 2 atom stereocenters. The first kappa shape index (κ1) is 14.0. The number of hydrogen-bond acceptors (Lipinski definition) is 5. The first-order valence-electron chi connectivity index (χ1n) is 6.27. The average molecular weight is 359 g/mol. The molecule has 2 aromatic rings. The molecule has 3 rings (SSSR count). The largest absolute Gasteiger partial charge is 0.381 e. The van der Waals surface area contributed by atoms with Gasteiger partial charge < -0.3 is 15.0 Å². The fourth-order valence-corrected chi connectivity index (χ4v) is 2.64. The lowest BCUT2D eigenvalue weighted by molar-refractivity contribution is 0.0590. The van der Waals surface area contributed by atoms with Crippen molar-refractivity contribution in [2.75, 3.05) is 13.2 Å². The van der Waals surface area contributed by atoms with Crippen LogP contribution in [0.3, 0.4) is 0 Å². The van der Waals surface area contributed by atoms with Gasteiger partial charge in [-0.25, -0.2) is 0 Å². The monoisotopic (exact) mass is 357 g/mol. The molecule has 5 nitrogen and oxygen atoms in total. The summed E-state index contributed by atoms with van der Waals surface area (Å²) in [6.45, 7) is 1.20. The molecule has 1 fully saturated rings. The molecule has 0 amide bonds. The van der Waals surface area contributed by atoms with E-state index in [1.807, 2.05) is 12.1 Å². The molecule has 1 aliphatic rings. The van der Waals surface area contributed by atoms with Crippen molar-refractivity contribution in [2.24, 2.45) is 5.73 Å². The Kier molecular flexibility index (Phi) is 4.07. The third-order valence-corrected chi connectivity index (χ3v) is 4.56. The van der Waals surface area contributed by atoms with Crippen molar-refractivity contribution < 1.29 is 9.26 Å². The Morgan fingerprint density at radius 1 is 1.40 bits per heavy atom. The highest BCUT2D eigenvalue weighted by molar-refractivity contribution is 9.10. The minimum absolute atomic E-state index is 0.00555. The highest BCUT2D eigenvalue weighted by atomic mass is 79.9. The SMILES string of the molecule is NC1CCOCC1c1nc(-c2ccc(Cl)c(Br)c2)no1. The van der Waals surface area contributed by atoms with E-state index in [0.717, 1.165) is 16.5 Å². The van der Waals surface area contributed by atoms with E-state index in [1.165, 1.54) is 0 Å². The third kappa shape index (κ3) is 2.74. The zero-order valence-electron chi connectivity index (χ0n) is 10.6. The molecule has 1 saturated heterocycles. The van der Waals surface area contributed by atoms with Gasteiger partial charge in [-0.1, -0.05) is 16.8 Å². The summed E-state index contributed by atoms with van der Waals surface area (Å²) in [5.41, 5.74) is 6.90. The first-order chi connectivity index (χ1) is 9.65. The van der Waals surface area contributed by atoms with Crippen LogP contribution in [0.1, 0.15) is 18.2 Å². The van der Waals surface area contributed by atoms with Crippen LogP contribution in [0.4, 0.5) is 0 Å². The molecule has 1 aromatic carbocycles. The Morgan fingerprint density at radius 2 is 2.25 bits per heavy atom. The molecule has 1 aromatic heterocycles. The first-order valence-corrected chi connectivity index (χ1v) is 7.44. The molecule has 0 bridgehead atoms. The summed E-state index contributed by atoms with van der Waals surface area (Å²) in [5, 5.41) is 4.64. The van der Waals surface area contributed by atoms with Crippen molar-refractivity contribution in [2.45, 2.75) is 18.4 Å². The minimum Gasteiger partial charge on any atom is -0.381 e. The van der Waals surface area contributed by atoms with Crippen LogP contribution in [0.25, 0.3) is 11.4 Å². The fourth-order valence-electron chi connectivity index (χ4n) is 2.15. The zero-order valence-corrected chi connectivity index (χ0v) is 12.9. The lowest BCUT2D eigenvalue weighted by Crippen LogP contribution is -2.37. The summed E-state index contributed by atoms with van der Waals surface area (Å²) >= 11 is 9.35. The number of nitrogens with zero attached hydrogens (tertiary/aromatic N) is 2. The van der Waals surface area contributed by atoms with Crippen LogP contribution in [0, 0.1) is 0 Å². The highest BCUT2D eigenvalue weighted by Crippen LogP contribution is 2.29. The molecule has 7 heteroatoms. The van der Waals surface area contributed by atoms with Gasteiger partial charge in [0.05, 0.1) is 17.5 Å². The molecule has 2 unspecified atom stereocenters. The summed E-state index contributed by atoms with van der Waals surface area (Å²) in [6, 6.07) is 5.48. The normalized spacial score (nSPS) is 22.9. The van der Waals surface area contributed by atoms with E-state index in [2.05, 4.69) is 26.1 Å². The van der Waals surface area contributed by atoms with Crippen LogP contribution >= 0.6 is 27.5 Å². The van der Waals surface area contributed by atoms with Crippen molar-refractivity contribution in [3.05, 3.63) is 33.6 Å². The summed E-state index contributed by atoms with van der Waals surface area (Å²) in [4.78, 5) is 4.42. The van der Waals surface area contributed by atoms with Crippen LogP contribution in [0.5, 0.6) is 0 Å². The van der Waals surface area contributed by atoms with Gasteiger partial charge in [0, 0.05) is 22.7 Å². The quantitative estimate of drug-likeness (QED) is 0.893. The molecule has 2 N–H and O–H groups in total. The predicted octanol–water partition coefficient (Wildman–Crippen LogP) is 2.98. The molecule has 20 heavy (non-hydrogen) atoms. The van der Waals surface area contributed by atoms with Gasteiger partial charge in [-0.2, -0.15) is 4.98 Å². The van der Waals surface area contributed by atoms with Gasteiger partial charge in [0.15, 0.2) is 0 Å². The van der Waals surface area contributed by atoms with E-state index in [1.54, 1.807) is 6.07 Å². The maximum atomic E-state index is 6.07. The standard InChI is InChI=1S/C13H13BrClN3O2/c14-9-5-7(1-2-10(9)15)12-17-13(20-18-12)8-6-19-4-3-11(8)16/h1-2,5,8,11H,3-4,6,16H2. The molecule has 0 radical (unpaired) electrons. The van der Waals surface area contributed by atoms with Crippen LogP contribution in [0.15, 0.2) is 27.2 Å². The average Bonchev–Trinajstić information content (AvgIpc) is 2.92. The van der Waals surface area contributed by atoms with E-state index in [-0.39, 0.29) is 12.0 Å². The maximum Gasteiger partial charge on any atom is 0.233 e.